The second kappa shape index (κ2) is 8.53. The zero-order valence-corrected chi connectivity index (χ0v) is 16.4. The highest BCUT2D eigenvalue weighted by atomic mass is 32.2. The van der Waals surface area contributed by atoms with Crippen LogP contribution in [0.2, 0.25) is 0 Å². The van der Waals surface area contributed by atoms with E-state index in [4.69, 9.17) is 0 Å². The summed E-state index contributed by atoms with van der Waals surface area (Å²) in [6.45, 7) is 2.42. The third-order valence-corrected chi connectivity index (χ3v) is 6.55. The minimum atomic E-state index is -3.63. The number of phenols is 1. The van der Waals surface area contributed by atoms with Crippen LogP contribution in [0.4, 0.5) is 0 Å². The van der Waals surface area contributed by atoms with E-state index in [-0.39, 0.29) is 23.1 Å². The van der Waals surface area contributed by atoms with Crippen molar-refractivity contribution in [3.8, 4) is 5.75 Å². The molecule has 0 aliphatic carbocycles. The van der Waals surface area contributed by atoms with Gasteiger partial charge >= 0.3 is 0 Å². The van der Waals surface area contributed by atoms with Crippen LogP contribution in [0, 0.1) is 12.8 Å². The lowest BCUT2D eigenvalue weighted by molar-refractivity contribution is -0.126. The number of nitrogens with one attached hydrogen (secondary N) is 1. The summed E-state index contributed by atoms with van der Waals surface area (Å²) in [5, 5.41) is 13.3. The molecule has 7 nitrogen and oxygen atoms in total. The molecule has 0 radical (unpaired) electrons. The number of hydrazone groups is 1. The summed E-state index contributed by atoms with van der Waals surface area (Å²) in [5.41, 5.74) is 4.10. The minimum absolute atomic E-state index is 0.111. The van der Waals surface area contributed by atoms with Crippen molar-refractivity contribution >= 4 is 22.1 Å². The SMILES string of the molecule is Cc1ccc(S(=O)(=O)N2CCC[C@H](C(=O)N/N=C\c3cccc(O)c3)C2)cc1. The number of aryl methyl sites for hydroxylation is 1. The summed E-state index contributed by atoms with van der Waals surface area (Å²) in [5.74, 6) is -0.671. The number of benzene rings is 2. The van der Waals surface area contributed by atoms with Gasteiger partial charge in [0.1, 0.15) is 5.75 Å². The van der Waals surface area contributed by atoms with Crippen LogP contribution < -0.4 is 5.43 Å². The third kappa shape index (κ3) is 4.76. The zero-order chi connectivity index (χ0) is 20.1. The lowest BCUT2D eigenvalue weighted by Crippen LogP contribution is -2.44. The van der Waals surface area contributed by atoms with Crippen LogP contribution in [0.25, 0.3) is 0 Å². The van der Waals surface area contributed by atoms with Crippen LogP contribution in [0.3, 0.4) is 0 Å². The van der Waals surface area contributed by atoms with Crippen LogP contribution in [-0.2, 0) is 14.8 Å². The highest BCUT2D eigenvalue weighted by Gasteiger charge is 2.33. The van der Waals surface area contributed by atoms with Gasteiger partial charge in [-0.25, -0.2) is 13.8 Å². The fraction of sp³-hybridized carbons (Fsp3) is 0.300. The molecule has 1 aliphatic rings. The molecular formula is C20H23N3O4S. The first kappa shape index (κ1) is 20.0. The van der Waals surface area contributed by atoms with Gasteiger partial charge in [0, 0.05) is 13.1 Å². The Balaban J connectivity index is 1.64. The second-order valence-corrected chi connectivity index (χ2v) is 8.78. The van der Waals surface area contributed by atoms with Crippen LogP contribution in [-0.4, -0.2) is 43.0 Å². The predicted molar refractivity (Wildman–Crippen MR) is 107 cm³/mol. The second-order valence-electron chi connectivity index (χ2n) is 6.84. The molecule has 2 N–H and O–H groups in total. The number of sulfonamides is 1. The van der Waals surface area contributed by atoms with Crippen molar-refractivity contribution in [2.75, 3.05) is 13.1 Å². The van der Waals surface area contributed by atoms with E-state index in [1.807, 2.05) is 6.92 Å². The third-order valence-electron chi connectivity index (χ3n) is 4.67. The molecule has 148 valence electrons. The molecule has 1 aliphatic heterocycles. The fourth-order valence-electron chi connectivity index (χ4n) is 3.10. The molecule has 8 heteroatoms. The average Bonchev–Trinajstić information content (AvgIpc) is 2.68. The van der Waals surface area contributed by atoms with Crippen molar-refractivity contribution in [3.05, 3.63) is 59.7 Å². The van der Waals surface area contributed by atoms with Crippen molar-refractivity contribution in [1.29, 1.82) is 0 Å². The van der Waals surface area contributed by atoms with Gasteiger partial charge in [0.15, 0.2) is 0 Å². The van der Waals surface area contributed by atoms with E-state index >= 15 is 0 Å². The lowest BCUT2D eigenvalue weighted by atomic mass is 9.99. The van der Waals surface area contributed by atoms with Crippen molar-refractivity contribution in [3.63, 3.8) is 0 Å². The maximum Gasteiger partial charge on any atom is 0.244 e. The molecule has 1 atom stereocenters. The van der Waals surface area contributed by atoms with E-state index in [1.165, 1.54) is 16.6 Å². The Hall–Kier alpha value is -2.71. The molecule has 0 bridgehead atoms. The Morgan fingerprint density at radius 3 is 2.71 bits per heavy atom. The number of amides is 1. The Bertz CT molecular complexity index is 971. The van der Waals surface area contributed by atoms with Crippen molar-refractivity contribution in [2.45, 2.75) is 24.7 Å². The van der Waals surface area contributed by atoms with Gasteiger partial charge in [-0.15, -0.1) is 0 Å². The monoisotopic (exact) mass is 401 g/mol. The summed E-state index contributed by atoms with van der Waals surface area (Å²) in [7, 11) is -3.63. The van der Waals surface area contributed by atoms with Crippen molar-refractivity contribution < 1.29 is 18.3 Å². The van der Waals surface area contributed by atoms with Crippen LogP contribution in [0.1, 0.15) is 24.0 Å². The zero-order valence-electron chi connectivity index (χ0n) is 15.6. The fourth-order valence-corrected chi connectivity index (χ4v) is 4.62. The first-order chi connectivity index (χ1) is 13.4. The maximum atomic E-state index is 12.8. The van der Waals surface area contributed by atoms with E-state index in [0.29, 0.717) is 24.9 Å². The molecule has 0 aromatic heterocycles. The predicted octanol–water partition coefficient (Wildman–Crippen LogP) is 2.25. The normalized spacial score (nSPS) is 18.2. The molecule has 1 saturated heterocycles. The van der Waals surface area contributed by atoms with Gasteiger partial charge < -0.3 is 5.11 Å². The number of carbonyl (C=O) groups is 1. The highest BCUT2D eigenvalue weighted by Crippen LogP contribution is 2.24. The topological polar surface area (TPSA) is 99.1 Å². The number of piperidine rings is 1. The Labute approximate surface area is 164 Å². The molecule has 28 heavy (non-hydrogen) atoms. The average molecular weight is 401 g/mol. The van der Waals surface area contributed by atoms with E-state index in [9.17, 15) is 18.3 Å². The first-order valence-corrected chi connectivity index (χ1v) is 10.5. The van der Waals surface area contributed by atoms with Gasteiger partial charge in [-0.3, -0.25) is 4.79 Å². The maximum absolute atomic E-state index is 12.8. The summed E-state index contributed by atoms with van der Waals surface area (Å²) in [6.07, 6.45) is 2.65. The van der Waals surface area contributed by atoms with E-state index in [2.05, 4.69) is 10.5 Å². The molecule has 1 fully saturated rings. The Kier molecular flexibility index (Phi) is 6.11. The molecule has 1 heterocycles. The van der Waals surface area contributed by atoms with Crippen molar-refractivity contribution in [1.82, 2.24) is 9.73 Å². The standard InChI is InChI=1S/C20H23N3O4S/c1-15-7-9-19(10-8-15)28(26,27)23-11-3-5-17(14-23)20(25)22-21-13-16-4-2-6-18(24)12-16/h2,4,6-10,12-13,17,24H,3,5,11,14H2,1H3,(H,22,25)/b21-13-/t17-/m0/s1. The van der Waals surface area contributed by atoms with Crippen molar-refractivity contribution in [2.24, 2.45) is 11.0 Å². The number of hydrogen-bond donors (Lipinski definition) is 2. The first-order valence-electron chi connectivity index (χ1n) is 9.05. The molecule has 0 saturated carbocycles. The van der Waals surface area contributed by atoms with Gasteiger partial charge in [-0.1, -0.05) is 29.8 Å². The van der Waals surface area contributed by atoms with Gasteiger partial charge in [-0.2, -0.15) is 9.41 Å². The molecular weight excluding hydrogens is 378 g/mol. The molecule has 3 rings (SSSR count). The summed E-state index contributed by atoms with van der Waals surface area (Å²) in [4.78, 5) is 12.7. The summed E-state index contributed by atoms with van der Waals surface area (Å²) in [6, 6.07) is 13.2. The molecule has 2 aromatic rings. The molecule has 0 spiro atoms. The molecule has 1 amide bonds. The summed E-state index contributed by atoms with van der Waals surface area (Å²) < 4.78 is 27.0. The largest absolute Gasteiger partial charge is 0.508 e. The molecule has 0 unspecified atom stereocenters. The van der Waals surface area contributed by atoms with Gasteiger partial charge in [0.05, 0.1) is 17.0 Å². The number of phenolic OH excluding ortho intramolecular Hbond substituents is 1. The van der Waals surface area contributed by atoms with Gasteiger partial charge in [-0.05, 0) is 49.6 Å². The van der Waals surface area contributed by atoms with Gasteiger partial charge in [0.25, 0.3) is 0 Å². The summed E-state index contributed by atoms with van der Waals surface area (Å²) >= 11 is 0. The Morgan fingerprint density at radius 1 is 1.25 bits per heavy atom. The van der Waals surface area contributed by atoms with Crippen LogP contribution in [0.15, 0.2) is 58.5 Å². The van der Waals surface area contributed by atoms with Crippen LogP contribution in [0.5, 0.6) is 5.75 Å². The number of hydrogen-bond acceptors (Lipinski definition) is 5. The minimum Gasteiger partial charge on any atom is -0.508 e. The number of nitrogens with zero attached hydrogens (tertiary/aromatic N) is 2. The number of carbonyl (C=O) groups excluding carboxylic acids is 1. The van der Waals surface area contributed by atoms with E-state index in [0.717, 1.165) is 5.56 Å². The quantitative estimate of drug-likeness (QED) is 0.593. The lowest BCUT2D eigenvalue weighted by Gasteiger charge is -2.30. The Morgan fingerprint density at radius 2 is 2.00 bits per heavy atom. The van der Waals surface area contributed by atoms with Gasteiger partial charge in [0.2, 0.25) is 15.9 Å². The molecule has 2 aromatic carbocycles. The number of aromatic hydroxyl groups is 1. The number of rotatable bonds is 5. The highest BCUT2D eigenvalue weighted by molar-refractivity contribution is 7.89. The van der Waals surface area contributed by atoms with Crippen LogP contribution >= 0.6 is 0 Å². The van der Waals surface area contributed by atoms with E-state index < -0.39 is 15.9 Å². The smallest absolute Gasteiger partial charge is 0.244 e. The van der Waals surface area contributed by atoms with E-state index in [1.54, 1.807) is 42.5 Å².